The molecule has 24 heavy (non-hydrogen) atoms. The van der Waals surface area contributed by atoms with E-state index in [1.165, 1.54) is 6.42 Å². The predicted octanol–water partition coefficient (Wildman–Crippen LogP) is 2.86. The van der Waals surface area contributed by atoms with Crippen LogP contribution in [-0.2, 0) is 0 Å². The Kier molecular flexibility index (Phi) is 8.11. The molecule has 0 aromatic heterocycles. The van der Waals surface area contributed by atoms with Gasteiger partial charge in [-0.3, -0.25) is 4.90 Å². The Hall–Kier alpha value is -1.19. The third kappa shape index (κ3) is 3.89. The summed E-state index contributed by atoms with van der Waals surface area (Å²) >= 11 is 0. The summed E-state index contributed by atoms with van der Waals surface area (Å²) in [5.41, 5.74) is 1.32. The first-order chi connectivity index (χ1) is 10.8. The number of ether oxygens (including phenoxy) is 1. The highest BCUT2D eigenvalue weighted by molar-refractivity contribution is 5.85. The minimum absolute atomic E-state index is 0. The number of aromatic hydroxyl groups is 1. The van der Waals surface area contributed by atoms with Crippen molar-refractivity contribution in [2.75, 3.05) is 33.3 Å². The minimum atomic E-state index is 0. The summed E-state index contributed by atoms with van der Waals surface area (Å²) < 4.78 is 5.26. The maximum absolute atomic E-state index is 10.7. The molecule has 1 saturated carbocycles. The standard InChI is InChI=1S/C17H23N3O2.2ClH/c1-22-14-6-5-13(11-18)15(17(14)21)16(12-3-2-4-12)20-9-7-19-8-10-20;;/h5-6,12,16,19,21H,2-4,7-10H2,1H3;2*1H/t16-;;/m1../s1. The zero-order valence-corrected chi connectivity index (χ0v) is 15.5. The van der Waals surface area contributed by atoms with Crippen LogP contribution >= 0.6 is 24.8 Å². The molecule has 0 amide bonds. The van der Waals surface area contributed by atoms with Crippen molar-refractivity contribution in [3.8, 4) is 17.6 Å². The highest BCUT2D eigenvalue weighted by Crippen LogP contribution is 2.47. The van der Waals surface area contributed by atoms with Crippen LogP contribution in [0.4, 0.5) is 0 Å². The Labute approximate surface area is 155 Å². The fraction of sp³-hybridized carbons (Fsp3) is 0.588. The molecule has 1 atom stereocenters. The highest BCUT2D eigenvalue weighted by Gasteiger charge is 2.37. The van der Waals surface area contributed by atoms with Crippen LogP contribution in [0.2, 0.25) is 0 Å². The molecule has 1 saturated heterocycles. The number of phenolic OH excluding ortho intramolecular Hbond substituents is 1. The normalized spacial score (nSPS) is 19.2. The van der Waals surface area contributed by atoms with E-state index >= 15 is 0 Å². The van der Waals surface area contributed by atoms with Crippen LogP contribution in [-0.4, -0.2) is 43.3 Å². The second kappa shape index (κ2) is 9.33. The van der Waals surface area contributed by atoms with E-state index < -0.39 is 0 Å². The number of rotatable bonds is 4. The molecule has 2 fully saturated rings. The predicted molar refractivity (Wildman–Crippen MR) is 98.4 cm³/mol. The molecule has 0 unspecified atom stereocenters. The number of phenols is 1. The van der Waals surface area contributed by atoms with E-state index in [1.807, 2.05) is 0 Å². The Morgan fingerprint density at radius 2 is 1.96 bits per heavy atom. The smallest absolute Gasteiger partial charge is 0.163 e. The van der Waals surface area contributed by atoms with Crippen LogP contribution in [0.1, 0.15) is 36.4 Å². The van der Waals surface area contributed by atoms with Crippen LogP contribution in [0.15, 0.2) is 12.1 Å². The molecular weight excluding hydrogens is 349 g/mol. The molecule has 0 spiro atoms. The van der Waals surface area contributed by atoms with E-state index in [1.54, 1.807) is 19.2 Å². The van der Waals surface area contributed by atoms with Crippen molar-refractivity contribution >= 4 is 24.8 Å². The van der Waals surface area contributed by atoms with Gasteiger partial charge in [0.1, 0.15) is 0 Å². The summed E-state index contributed by atoms with van der Waals surface area (Å²) in [4.78, 5) is 2.41. The third-order valence-corrected chi connectivity index (χ3v) is 4.96. The second-order valence-corrected chi connectivity index (χ2v) is 6.11. The van der Waals surface area contributed by atoms with Crippen LogP contribution in [0.3, 0.4) is 0 Å². The number of halogens is 2. The van der Waals surface area contributed by atoms with Gasteiger partial charge in [-0.2, -0.15) is 5.26 Å². The largest absolute Gasteiger partial charge is 0.504 e. The summed E-state index contributed by atoms with van der Waals surface area (Å²) in [6, 6.07) is 5.80. The average molecular weight is 374 g/mol. The lowest BCUT2D eigenvalue weighted by atomic mass is 9.75. The first-order valence-corrected chi connectivity index (χ1v) is 8.01. The Balaban J connectivity index is 0.00000144. The summed E-state index contributed by atoms with van der Waals surface area (Å²) in [6.45, 7) is 3.80. The fourth-order valence-electron chi connectivity index (χ4n) is 3.58. The van der Waals surface area contributed by atoms with E-state index in [9.17, 15) is 10.4 Å². The maximum Gasteiger partial charge on any atom is 0.163 e. The van der Waals surface area contributed by atoms with E-state index in [-0.39, 0.29) is 36.6 Å². The van der Waals surface area contributed by atoms with E-state index in [2.05, 4.69) is 16.3 Å². The maximum atomic E-state index is 10.7. The molecule has 2 N–H and O–H groups in total. The molecule has 0 bridgehead atoms. The van der Waals surface area contributed by atoms with Crippen LogP contribution < -0.4 is 10.1 Å². The molecule has 1 aliphatic carbocycles. The number of methoxy groups -OCH3 is 1. The topological polar surface area (TPSA) is 68.5 Å². The van der Waals surface area contributed by atoms with Crippen molar-refractivity contribution in [2.24, 2.45) is 5.92 Å². The molecule has 1 heterocycles. The Morgan fingerprint density at radius 1 is 1.29 bits per heavy atom. The zero-order valence-electron chi connectivity index (χ0n) is 13.8. The van der Waals surface area contributed by atoms with Gasteiger partial charge in [0, 0.05) is 37.8 Å². The molecule has 2 aliphatic rings. The molecule has 5 nitrogen and oxygen atoms in total. The Bertz CT molecular complexity index is 582. The summed E-state index contributed by atoms with van der Waals surface area (Å²) in [5, 5.41) is 23.5. The molecular formula is C17H25Cl2N3O2. The highest BCUT2D eigenvalue weighted by atomic mass is 35.5. The van der Waals surface area contributed by atoms with Gasteiger partial charge in [0.2, 0.25) is 0 Å². The van der Waals surface area contributed by atoms with E-state index in [0.717, 1.165) is 44.6 Å². The fourth-order valence-corrected chi connectivity index (χ4v) is 3.58. The van der Waals surface area contributed by atoms with Gasteiger partial charge in [-0.25, -0.2) is 0 Å². The summed E-state index contributed by atoms with van der Waals surface area (Å²) in [5.74, 6) is 1.11. The minimum Gasteiger partial charge on any atom is -0.504 e. The number of hydrogen-bond acceptors (Lipinski definition) is 5. The third-order valence-electron chi connectivity index (χ3n) is 4.96. The van der Waals surface area contributed by atoms with Gasteiger partial charge in [0.05, 0.1) is 18.7 Å². The zero-order chi connectivity index (χ0) is 15.5. The number of benzene rings is 1. The van der Waals surface area contributed by atoms with Gasteiger partial charge in [-0.15, -0.1) is 24.8 Å². The van der Waals surface area contributed by atoms with Crippen molar-refractivity contribution in [3.63, 3.8) is 0 Å². The van der Waals surface area contributed by atoms with E-state index in [4.69, 9.17) is 4.74 Å². The molecule has 1 aromatic carbocycles. The Morgan fingerprint density at radius 3 is 2.46 bits per heavy atom. The molecule has 1 aromatic rings. The number of piperazine rings is 1. The average Bonchev–Trinajstić information content (AvgIpc) is 2.51. The number of nitrogens with one attached hydrogen (secondary N) is 1. The number of hydrogen-bond donors (Lipinski definition) is 2. The van der Waals surface area contributed by atoms with Gasteiger partial charge < -0.3 is 15.2 Å². The van der Waals surface area contributed by atoms with Gasteiger partial charge in [-0.05, 0) is 30.9 Å². The van der Waals surface area contributed by atoms with Crippen LogP contribution in [0.25, 0.3) is 0 Å². The van der Waals surface area contributed by atoms with Gasteiger partial charge in [-0.1, -0.05) is 6.42 Å². The summed E-state index contributed by atoms with van der Waals surface area (Å²) in [6.07, 6.45) is 3.56. The first-order valence-electron chi connectivity index (χ1n) is 8.01. The van der Waals surface area contributed by atoms with Crippen molar-refractivity contribution in [1.29, 1.82) is 5.26 Å². The van der Waals surface area contributed by atoms with Crippen molar-refractivity contribution in [3.05, 3.63) is 23.3 Å². The van der Waals surface area contributed by atoms with Crippen molar-refractivity contribution in [2.45, 2.75) is 25.3 Å². The lowest BCUT2D eigenvalue weighted by molar-refractivity contribution is 0.0814. The molecule has 0 radical (unpaired) electrons. The van der Waals surface area contributed by atoms with Gasteiger partial charge >= 0.3 is 0 Å². The van der Waals surface area contributed by atoms with E-state index in [0.29, 0.717) is 17.2 Å². The number of nitrogens with zero attached hydrogens (tertiary/aromatic N) is 2. The number of nitriles is 1. The van der Waals surface area contributed by atoms with Gasteiger partial charge in [0.25, 0.3) is 0 Å². The molecule has 3 rings (SSSR count). The summed E-state index contributed by atoms with van der Waals surface area (Å²) in [7, 11) is 1.55. The lowest BCUT2D eigenvalue weighted by Crippen LogP contribution is -2.48. The second-order valence-electron chi connectivity index (χ2n) is 6.11. The van der Waals surface area contributed by atoms with Gasteiger partial charge in [0.15, 0.2) is 11.5 Å². The molecule has 7 heteroatoms. The first kappa shape index (κ1) is 20.9. The molecule has 1 aliphatic heterocycles. The van der Waals surface area contributed by atoms with Crippen molar-refractivity contribution in [1.82, 2.24) is 10.2 Å². The van der Waals surface area contributed by atoms with Crippen LogP contribution in [0.5, 0.6) is 11.5 Å². The van der Waals surface area contributed by atoms with Crippen molar-refractivity contribution < 1.29 is 9.84 Å². The monoisotopic (exact) mass is 373 g/mol. The van der Waals surface area contributed by atoms with Crippen LogP contribution in [0, 0.1) is 17.2 Å². The quantitative estimate of drug-likeness (QED) is 0.848. The molecule has 134 valence electrons. The SMILES string of the molecule is COc1ccc(C#N)c([C@@H](C2CCC2)N2CCNCC2)c1O.Cl.Cl. The lowest BCUT2D eigenvalue weighted by Gasteiger charge is -2.43.